The van der Waals surface area contributed by atoms with Crippen LogP contribution >= 0.6 is 11.8 Å². The topological polar surface area (TPSA) is 80.5 Å². The quantitative estimate of drug-likeness (QED) is 0.736. The third kappa shape index (κ3) is 2.23. The minimum atomic E-state index is 0.341. The number of anilines is 1. The Balaban J connectivity index is 1.95. The van der Waals surface area contributed by atoms with Crippen molar-refractivity contribution >= 4 is 17.7 Å². The fraction of sp³-hybridized carbons (Fsp3) is 0.125. The van der Waals surface area contributed by atoms with E-state index >= 15 is 0 Å². The lowest BCUT2D eigenvalue weighted by Gasteiger charge is -1.95. The number of rotatable bonds is 3. The Morgan fingerprint density at radius 1 is 1.43 bits per heavy atom. The molecule has 2 rings (SSSR count). The van der Waals surface area contributed by atoms with E-state index in [0.29, 0.717) is 11.1 Å². The molecule has 0 radical (unpaired) electrons. The molecule has 0 aromatic carbocycles. The highest BCUT2D eigenvalue weighted by Gasteiger charge is 2.01. The van der Waals surface area contributed by atoms with Gasteiger partial charge in [0, 0.05) is 11.9 Å². The molecule has 2 heterocycles. The first-order valence-corrected chi connectivity index (χ1v) is 5.04. The average molecular weight is 207 g/mol. The number of nitrogen functional groups attached to an aromatic ring is 1. The largest absolute Gasteiger partial charge is 0.368 e. The molecule has 0 atom stereocenters. The number of nitrogens with two attached hydrogens (primary N) is 1. The second kappa shape index (κ2) is 4.10. The predicted molar refractivity (Wildman–Crippen MR) is 54.6 cm³/mol. The number of pyridine rings is 1. The highest BCUT2D eigenvalue weighted by atomic mass is 32.2. The fourth-order valence-electron chi connectivity index (χ4n) is 0.945. The molecule has 0 aliphatic rings. The van der Waals surface area contributed by atoms with E-state index in [4.69, 9.17) is 5.73 Å². The van der Waals surface area contributed by atoms with Gasteiger partial charge in [-0.3, -0.25) is 4.98 Å². The minimum Gasteiger partial charge on any atom is -0.368 e. The number of thioether (sulfide) groups is 1. The summed E-state index contributed by atoms with van der Waals surface area (Å²) in [6, 6.07) is 5.80. The van der Waals surface area contributed by atoms with Gasteiger partial charge < -0.3 is 5.73 Å². The number of aromatic amines is 1. The van der Waals surface area contributed by atoms with Crippen molar-refractivity contribution in [1.82, 2.24) is 20.2 Å². The first-order valence-electron chi connectivity index (χ1n) is 4.05. The van der Waals surface area contributed by atoms with Crippen LogP contribution in [0.1, 0.15) is 5.69 Å². The van der Waals surface area contributed by atoms with E-state index in [-0.39, 0.29) is 0 Å². The molecule has 0 amide bonds. The van der Waals surface area contributed by atoms with Gasteiger partial charge >= 0.3 is 0 Å². The molecular weight excluding hydrogens is 198 g/mol. The summed E-state index contributed by atoms with van der Waals surface area (Å²) < 4.78 is 0. The van der Waals surface area contributed by atoms with Gasteiger partial charge in [0.05, 0.1) is 5.69 Å². The van der Waals surface area contributed by atoms with E-state index in [1.807, 2.05) is 18.2 Å². The lowest BCUT2D eigenvalue weighted by Crippen LogP contribution is -1.86. The second-order valence-corrected chi connectivity index (χ2v) is 3.56. The SMILES string of the molecule is Nc1nc(SCc2ccccn2)n[nH]1. The first-order chi connectivity index (χ1) is 6.84. The zero-order valence-corrected chi connectivity index (χ0v) is 8.16. The van der Waals surface area contributed by atoms with Crippen LogP contribution in [0.3, 0.4) is 0 Å². The van der Waals surface area contributed by atoms with Crippen molar-refractivity contribution in [2.45, 2.75) is 10.9 Å². The van der Waals surface area contributed by atoms with Crippen LogP contribution < -0.4 is 5.73 Å². The molecule has 5 nitrogen and oxygen atoms in total. The van der Waals surface area contributed by atoms with Crippen molar-refractivity contribution in [1.29, 1.82) is 0 Å². The predicted octanol–water partition coefficient (Wildman–Crippen LogP) is 1.07. The van der Waals surface area contributed by atoms with Gasteiger partial charge in [0.2, 0.25) is 11.1 Å². The van der Waals surface area contributed by atoms with Gasteiger partial charge in [0.15, 0.2) is 0 Å². The first kappa shape index (κ1) is 9.01. The highest BCUT2D eigenvalue weighted by Crippen LogP contribution is 2.17. The van der Waals surface area contributed by atoms with Gasteiger partial charge in [0.1, 0.15) is 0 Å². The van der Waals surface area contributed by atoms with Crippen molar-refractivity contribution in [2.24, 2.45) is 0 Å². The molecule has 72 valence electrons. The zero-order valence-electron chi connectivity index (χ0n) is 7.34. The number of hydrogen-bond donors (Lipinski definition) is 2. The van der Waals surface area contributed by atoms with Crippen LogP contribution in [0, 0.1) is 0 Å². The Hall–Kier alpha value is -1.56. The molecule has 0 unspecified atom stereocenters. The molecule has 0 aliphatic heterocycles. The molecule has 0 saturated carbocycles. The van der Waals surface area contributed by atoms with Gasteiger partial charge in [-0.25, -0.2) is 5.10 Å². The monoisotopic (exact) mass is 207 g/mol. The van der Waals surface area contributed by atoms with Crippen LogP contribution in [0.5, 0.6) is 0 Å². The number of nitrogens with one attached hydrogen (secondary N) is 1. The summed E-state index contributed by atoms with van der Waals surface area (Å²) in [7, 11) is 0. The van der Waals surface area contributed by atoms with Crippen LogP contribution in [-0.4, -0.2) is 20.2 Å². The Morgan fingerprint density at radius 3 is 3.00 bits per heavy atom. The van der Waals surface area contributed by atoms with Crippen LogP contribution in [0.4, 0.5) is 5.95 Å². The summed E-state index contributed by atoms with van der Waals surface area (Å²) >= 11 is 1.50. The summed E-state index contributed by atoms with van der Waals surface area (Å²) in [6.45, 7) is 0. The third-order valence-corrected chi connectivity index (χ3v) is 2.44. The summed E-state index contributed by atoms with van der Waals surface area (Å²) in [5.41, 5.74) is 6.39. The lowest BCUT2D eigenvalue weighted by molar-refractivity contribution is 0.971. The van der Waals surface area contributed by atoms with Crippen LogP contribution in [-0.2, 0) is 5.75 Å². The Morgan fingerprint density at radius 2 is 2.36 bits per heavy atom. The van der Waals surface area contributed by atoms with Crippen molar-refractivity contribution < 1.29 is 0 Å². The van der Waals surface area contributed by atoms with Crippen LogP contribution in [0.25, 0.3) is 0 Å². The van der Waals surface area contributed by atoms with E-state index in [9.17, 15) is 0 Å². The molecule has 2 aromatic rings. The molecule has 14 heavy (non-hydrogen) atoms. The van der Waals surface area contributed by atoms with Crippen LogP contribution in [0.15, 0.2) is 29.6 Å². The van der Waals surface area contributed by atoms with Gasteiger partial charge in [-0.05, 0) is 12.1 Å². The molecule has 0 spiro atoms. The van der Waals surface area contributed by atoms with E-state index in [0.717, 1.165) is 11.4 Å². The number of nitrogens with zero attached hydrogens (tertiary/aromatic N) is 3. The summed E-state index contributed by atoms with van der Waals surface area (Å²) in [5, 5.41) is 7.13. The molecule has 0 bridgehead atoms. The smallest absolute Gasteiger partial charge is 0.216 e. The maximum atomic E-state index is 5.39. The number of H-pyrrole nitrogens is 1. The van der Waals surface area contributed by atoms with E-state index < -0.39 is 0 Å². The molecule has 0 saturated heterocycles. The van der Waals surface area contributed by atoms with Gasteiger partial charge in [-0.2, -0.15) is 4.98 Å². The van der Waals surface area contributed by atoms with Gasteiger partial charge in [-0.15, -0.1) is 5.10 Å². The second-order valence-electron chi connectivity index (χ2n) is 2.61. The Bertz CT molecular complexity index is 399. The fourth-order valence-corrected chi connectivity index (χ4v) is 1.67. The van der Waals surface area contributed by atoms with E-state index in [1.165, 1.54) is 11.8 Å². The molecule has 6 heteroatoms. The van der Waals surface area contributed by atoms with Gasteiger partial charge in [-0.1, -0.05) is 17.8 Å². The normalized spacial score (nSPS) is 10.3. The van der Waals surface area contributed by atoms with Crippen LogP contribution in [0.2, 0.25) is 0 Å². The Kier molecular flexibility index (Phi) is 2.64. The molecule has 0 fully saturated rings. The molecule has 2 aromatic heterocycles. The van der Waals surface area contributed by atoms with E-state index in [1.54, 1.807) is 6.20 Å². The van der Waals surface area contributed by atoms with Crippen molar-refractivity contribution in [3.8, 4) is 0 Å². The van der Waals surface area contributed by atoms with E-state index in [2.05, 4.69) is 20.2 Å². The van der Waals surface area contributed by atoms with Crippen molar-refractivity contribution in [3.63, 3.8) is 0 Å². The minimum absolute atomic E-state index is 0.341. The van der Waals surface area contributed by atoms with Gasteiger partial charge in [0.25, 0.3) is 0 Å². The average Bonchev–Trinajstić information content (AvgIpc) is 2.63. The maximum absolute atomic E-state index is 5.39. The standard InChI is InChI=1S/C8H9N5S/c9-7-11-8(13-12-7)14-5-6-3-1-2-4-10-6/h1-4H,5H2,(H3,9,11,12,13). The van der Waals surface area contributed by atoms with Crippen molar-refractivity contribution in [3.05, 3.63) is 30.1 Å². The molecule has 3 N–H and O–H groups in total. The Labute approximate surface area is 85.2 Å². The number of hydrogen-bond acceptors (Lipinski definition) is 5. The summed E-state index contributed by atoms with van der Waals surface area (Å²) in [5.74, 6) is 1.09. The van der Waals surface area contributed by atoms with Crippen molar-refractivity contribution in [2.75, 3.05) is 5.73 Å². The maximum Gasteiger partial charge on any atom is 0.216 e. The molecule has 0 aliphatic carbocycles. The summed E-state index contributed by atoms with van der Waals surface area (Å²) in [6.07, 6.45) is 1.77. The highest BCUT2D eigenvalue weighted by molar-refractivity contribution is 7.98. The molecular formula is C8H9N5S. The lowest BCUT2D eigenvalue weighted by atomic mass is 10.4. The summed E-state index contributed by atoms with van der Waals surface area (Å²) in [4.78, 5) is 8.15. The zero-order chi connectivity index (χ0) is 9.80. The number of aromatic nitrogens is 4. The third-order valence-electron chi connectivity index (χ3n) is 1.56.